The summed E-state index contributed by atoms with van der Waals surface area (Å²) in [5, 5.41) is 13.9. The third-order valence-electron chi connectivity index (χ3n) is 4.52. The molecule has 2 atom stereocenters. The monoisotopic (exact) mass is 348 g/mol. The van der Waals surface area contributed by atoms with E-state index >= 15 is 0 Å². The number of benzene rings is 1. The average Bonchev–Trinajstić information content (AvgIpc) is 3.17. The minimum absolute atomic E-state index is 0.00274. The van der Waals surface area contributed by atoms with Crippen LogP contribution in [0.1, 0.15) is 35.5 Å². The van der Waals surface area contributed by atoms with E-state index in [0.29, 0.717) is 29.3 Å². The molecule has 1 aromatic heterocycles. The average molecular weight is 349 g/mol. The van der Waals surface area contributed by atoms with Gasteiger partial charge in [0.25, 0.3) is 0 Å². The Morgan fingerprint density at radius 3 is 2.50 bits per heavy atom. The van der Waals surface area contributed by atoms with Crippen LogP contribution in [0.25, 0.3) is 11.3 Å². The van der Waals surface area contributed by atoms with E-state index in [1.807, 2.05) is 13.8 Å². The topological polar surface area (TPSA) is 73.6 Å². The number of aromatic carboxylic acids is 1. The van der Waals surface area contributed by atoms with Crippen LogP contribution in [0.5, 0.6) is 11.5 Å². The molecule has 0 amide bonds. The fraction of sp³-hybridized carbons (Fsp3) is 0.412. The lowest BCUT2D eigenvalue weighted by Gasteiger charge is -2.15. The van der Waals surface area contributed by atoms with Gasteiger partial charge in [0, 0.05) is 36.6 Å². The molecule has 4 rings (SSSR count). The number of hydrogen-bond acceptors (Lipinski definition) is 4. The molecule has 0 saturated carbocycles. The molecule has 2 aliphatic heterocycles. The van der Waals surface area contributed by atoms with E-state index in [0.717, 1.165) is 22.4 Å². The zero-order chi connectivity index (χ0) is 17.2. The molecule has 1 N–H and O–H groups in total. The van der Waals surface area contributed by atoms with Crippen LogP contribution in [0.15, 0.2) is 6.07 Å². The SMILES string of the molecule is CC1Cc2c(c(Cl)c3c(c2-c2cc(C(=O)O)nn2C)OC(C)C3)O1. The molecule has 0 bridgehead atoms. The number of aryl methyl sites for hydroxylation is 1. The van der Waals surface area contributed by atoms with Crippen LogP contribution in [0.3, 0.4) is 0 Å². The van der Waals surface area contributed by atoms with Crippen LogP contribution in [0.2, 0.25) is 5.02 Å². The van der Waals surface area contributed by atoms with Crippen molar-refractivity contribution < 1.29 is 19.4 Å². The van der Waals surface area contributed by atoms with Crippen LogP contribution in [0, 0.1) is 0 Å². The first-order chi connectivity index (χ1) is 11.4. The molecule has 24 heavy (non-hydrogen) atoms. The Hall–Kier alpha value is -2.21. The normalized spacial score (nSPS) is 21.2. The number of carboxylic acid groups (broad SMARTS) is 1. The summed E-state index contributed by atoms with van der Waals surface area (Å²) in [5.74, 6) is 0.357. The van der Waals surface area contributed by atoms with E-state index < -0.39 is 5.97 Å². The van der Waals surface area contributed by atoms with E-state index in [9.17, 15) is 9.90 Å². The molecule has 2 aliphatic rings. The van der Waals surface area contributed by atoms with Crippen molar-refractivity contribution in [3.63, 3.8) is 0 Å². The third-order valence-corrected chi connectivity index (χ3v) is 4.92. The molecule has 0 aliphatic carbocycles. The molecule has 0 spiro atoms. The third kappa shape index (κ3) is 2.09. The predicted molar refractivity (Wildman–Crippen MR) is 88.2 cm³/mol. The van der Waals surface area contributed by atoms with Gasteiger partial charge in [-0.15, -0.1) is 0 Å². The number of ether oxygens (including phenoxy) is 2. The highest BCUT2D eigenvalue weighted by molar-refractivity contribution is 6.33. The molecule has 126 valence electrons. The number of carbonyl (C=O) groups is 1. The molecule has 6 nitrogen and oxygen atoms in total. The van der Waals surface area contributed by atoms with Crippen molar-refractivity contribution in [1.82, 2.24) is 9.78 Å². The molecule has 1 aromatic carbocycles. The highest BCUT2D eigenvalue weighted by Gasteiger charge is 2.36. The molecule has 7 heteroatoms. The Kier molecular flexibility index (Phi) is 3.28. The van der Waals surface area contributed by atoms with Gasteiger partial charge in [-0.05, 0) is 19.9 Å². The Morgan fingerprint density at radius 2 is 1.88 bits per heavy atom. The second kappa shape index (κ2) is 5.14. The summed E-state index contributed by atoms with van der Waals surface area (Å²) in [7, 11) is 1.73. The molecule has 2 aromatic rings. The van der Waals surface area contributed by atoms with Crippen molar-refractivity contribution in [1.29, 1.82) is 0 Å². The molecule has 0 radical (unpaired) electrons. The Balaban J connectivity index is 2.01. The molecular weight excluding hydrogens is 332 g/mol. The maximum atomic E-state index is 11.3. The van der Waals surface area contributed by atoms with E-state index in [-0.39, 0.29) is 17.9 Å². The minimum Gasteiger partial charge on any atom is -0.489 e. The van der Waals surface area contributed by atoms with Crippen LogP contribution in [-0.4, -0.2) is 33.1 Å². The zero-order valence-electron chi connectivity index (χ0n) is 13.6. The van der Waals surface area contributed by atoms with Crippen molar-refractivity contribution in [3.8, 4) is 22.8 Å². The van der Waals surface area contributed by atoms with Gasteiger partial charge in [-0.25, -0.2) is 4.79 Å². The zero-order valence-corrected chi connectivity index (χ0v) is 14.3. The second-order valence-electron chi connectivity index (χ2n) is 6.41. The maximum absolute atomic E-state index is 11.3. The summed E-state index contributed by atoms with van der Waals surface area (Å²) in [4.78, 5) is 11.3. The van der Waals surface area contributed by atoms with Crippen molar-refractivity contribution in [3.05, 3.63) is 27.9 Å². The predicted octanol–water partition coefficient (Wildman–Crippen LogP) is 3.09. The van der Waals surface area contributed by atoms with Gasteiger partial charge in [0.1, 0.15) is 23.7 Å². The van der Waals surface area contributed by atoms with Crippen LogP contribution >= 0.6 is 11.6 Å². The summed E-state index contributed by atoms with van der Waals surface area (Å²) in [5.41, 5.74) is 3.43. The number of aromatic nitrogens is 2. The number of nitrogens with zero attached hydrogens (tertiary/aromatic N) is 2. The van der Waals surface area contributed by atoms with Gasteiger partial charge in [0.05, 0.1) is 10.7 Å². The molecule has 2 unspecified atom stereocenters. The van der Waals surface area contributed by atoms with Gasteiger partial charge in [-0.2, -0.15) is 5.10 Å². The van der Waals surface area contributed by atoms with Gasteiger partial charge in [-0.1, -0.05) is 11.6 Å². The lowest BCUT2D eigenvalue weighted by Crippen LogP contribution is -2.07. The standard InChI is InChI=1S/C17H17ClN2O4/c1-7-4-9-13(12-6-11(17(21)22)19-20(12)3)15-10(5-8(2)23-15)14(18)16(9)24-7/h6-8H,4-5H2,1-3H3,(H,21,22). The first-order valence-electron chi connectivity index (χ1n) is 7.85. The van der Waals surface area contributed by atoms with E-state index in [2.05, 4.69) is 5.10 Å². The first kappa shape index (κ1) is 15.3. The maximum Gasteiger partial charge on any atom is 0.356 e. The van der Waals surface area contributed by atoms with Gasteiger partial charge in [0.2, 0.25) is 0 Å². The van der Waals surface area contributed by atoms with Crippen molar-refractivity contribution >= 4 is 17.6 Å². The fourth-order valence-corrected chi connectivity index (χ4v) is 3.86. The van der Waals surface area contributed by atoms with Gasteiger partial charge in [-0.3, -0.25) is 4.68 Å². The number of halogens is 1. The van der Waals surface area contributed by atoms with Gasteiger partial charge < -0.3 is 14.6 Å². The summed E-state index contributed by atoms with van der Waals surface area (Å²) in [6.45, 7) is 3.97. The number of hydrogen-bond donors (Lipinski definition) is 1. The second-order valence-corrected chi connectivity index (χ2v) is 6.79. The summed E-state index contributed by atoms with van der Waals surface area (Å²) < 4.78 is 13.5. The molecular formula is C17H17ClN2O4. The van der Waals surface area contributed by atoms with Gasteiger partial charge in [0.15, 0.2) is 5.69 Å². The fourth-order valence-electron chi connectivity index (χ4n) is 3.54. The van der Waals surface area contributed by atoms with E-state index in [1.165, 1.54) is 0 Å². The Bertz CT molecular complexity index is 835. The summed E-state index contributed by atoms with van der Waals surface area (Å²) >= 11 is 6.56. The van der Waals surface area contributed by atoms with Crippen LogP contribution in [-0.2, 0) is 19.9 Å². The molecule has 0 fully saturated rings. The van der Waals surface area contributed by atoms with Gasteiger partial charge >= 0.3 is 5.97 Å². The smallest absolute Gasteiger partial charge is 0.356 e. The Labute approximate surface area is 143 Å². The van der Waals surface area contributed by atoms with Crippen molar-refractivity contribution in [2.75, 3.05) is 0 Å². The summed E-state index contributed by atoms with van der Waals surface area (Å²) in [6.07, 6.45) is 1.44. The largest absolute Gasteiger partial charge is 0.489 e. The highest BCUT2D eigenvalue weighted by atomic mass is 35.5. The highest BCUT2D eigenvalue weighted by Crippen LogP contribution is 2.52. The minimum atomic E-state index is -1.06. The number of carboxylic acids is 1. The number of rotatable bonds is 2. The Morgan fingerprint density at radius 1 is 1.25 bits per heavy atom. The van der Waals surface area contributed by atoms with Crippen molar-refractivity contribution in [2.24, 2.45) is 7.05 Å². The van der Waals surface area contributed by atoms with Crippen LogP contribution in [0.4, 0.5) is 0 Å². The first-order valence-corrected chi connectivity index (χ1v) is 8.22. The van der Waals surface area contributed by atoms with E-state index in [1.54, 1.807) is 17.8 Å². The quantitative estimate of drug-likeness (QED) is 0.902. The van der Waals surface area contributed by atoms with E-state index in [4.69, 9.17) is 21.1 Å². The van der Waals surface area contributed by atoms with Crippen LogP contribution < -0.4 is 9.47 Å². The molecule has 0 saturated heterocycles. The summed E-state index contributed by atoms with van der Waals surface area (Å²) in [6, 6.07) is 1.57. The lowest BCUT2D eigenvalue weighted by molar-refractivity contribution is 0.0689. The number of fused-ring (bicyclic) bond motifs is 2. The van der Waals surface area contributed by atoms with Crippen molar-refractivity contribution in [2.45, 2.75) is 38.9 Å². The molecule has 3 heterocycles. The lowest BCUT2D eigenvalue weighted by atomic mass is 9.95.